The summed E-state index contributed by atoms with van der Waals surface area (Å²) in [6, 6.07) is 13.3. The van der Waals surface area contributed by atoms with Crippen LogP contribution < -0.4 is 11.1 Å². The fraction of sp³-hybridized carbons (Fsp3) is 0.312. The maximum absolute atomic E-state index is 12.2. The zero-order valence-corrected chi connectivity index (χ0v) is 11.6. The summed E-state index contributed by atoms with van der Waals surface area (Å²) in [4.78, 5) is 12.2. The van der Waals surface area contributed by atoms with Crippen LogP contribution in [0.15, 0.2) is 42.5 Å². The van der Waals surface area contributed by atoms with E-state index < -0.39 is 6.04 Å². The smallest absolute Gasteiger partial charge is 0.241 e. The van der Waals surface area contributed by atoms with Gasteiger partial charge in [0.2, 0.25) is 5.91 Å². The molecule has 0 saturated carbocycles. The molecule has 0 fully saturated rings. The Morgan fingerprint density at radius 3 is 2.42 bits per heavy atom. The predicted octanol–water partition coefficient (Wildman–Crippen LogP) is 3.15. The largest absolute Gasteiger partial charge is 0.324 e. The molecule has 0 spiro atoms. The van der Waals surface area contributed by atoms with Crippen molar-refractivity contribution in [3.63, 3.8) is 0 Å². The van der Waals surface area contributed by atoms with Gasteiger partial charge in [-0.25, -0.2) is 0 Å². The molecular formula is C16H20N2O. The molecule has 100 valence electrons. The average molecular weight is 256 g/mol. The molecule has 3 nitrogen and oxygen atoms in total. The molecule has 3 heteroatoms. The van der Waals surface area contributed by atoms with Gasteiger partial charge in [0.25, 0.3) is 0 Å². The van der Waals surface area contributed by atoms with Crippen molar-refractivity contribution in [2.45, 2.75) is 26.8 Å². The van der Waals surface area contributed by atoms with Crippen molar-refractivity contribution in [2.24, 2.45) is 11.1 Å². The molecular weight excluding hydrogens is 236 g/mol. The van der Waals surface area contributed by atoms with E-state index in [1.807, 2.05) is 63.2 Å². The molecule has 1 atom stereocenters. The van der Waals surface area contributed by atoms with Gasteiger partial charge in [0, 0.05) is 11.1 Å². The fourth-order valence-electron chi connectivity index (χ4n) is 1.94. The highest BCUT2D eigenvalue weighted by molar-refractivity contribution is 6.03. The number of fused-ring (bicyclic) bond motifs is 1. The predicted molar refractivity (Wildman–Crippen MR) is 80.0 cm³/mol. The van der Waals surface area contributed by atoms with Crippen LogP contribution in [0.25, 0.3) is 10.8 Å². The molecule has 0 heterocycles. The minimum Gasteiger partial charge on any atom is -0.324 e. The lowest BCUT2D eigenvalue weighted by molar-refractivity contribution is -0.119. The van der Waals surface area contributed by atoms with Gasteiger partial charge < -0.3 is 11.1 Å². The number of carbonyl (C=O) groups is 1. The van der Waals surface area contributed by atoms with Crippen LogP contribution in [0.3, 0.4) is 0 Å². The van der Waals surface area contributed by atoms with E-state index in [-0.39, 0.29) is 11.3 Å². The van der Waals surface area contributed by atoms with Gasteiger partial charge in [-0.1, -0.05) is 57.2 Å². The van der Waals surface area contributed by atoms with Gasteiger partial charge in [0.05, 0.1) is 6.04 Å². The van der Waals surface area contributed by atoms with Crippen LogP contribution in [0.4, 0.5) is 5.69 Å². The third-order valence-corrected chi connectivity index (χ3v) is 3.26. The van der Waals surface area contributed by atoms with Crippen LogP contribution in [0, 0.1) is 5.41 Å². The zero-order valence-electron chi connectivity index (χ0n) is 11.6. The van der Waals surface area contributed by atoms with E-state index in [1.165, 1.54) is 0 Å². The summed E-state index contributed by atoms with van der Waals surface area (Å²) in [6.07, 6.45) is 0. The molecule has 1 unspecified atom stereocenters. The molecule has 2 aromatic rings. The van der Waals surface area contributed by atoms with Crippen molar-refractivity contribution in [1.29, 1.82) is 0 Å². The first kappa shape index (κ1) is 13.6. The van der Waals surface area contributed by atoms with Crippen LogP contribution >= 0.6 is 0 Å². The third kappa shape index (κ3) is 2.93. The molecule has 19 heavy (non-hydrogen) atoms. The second-order valence-electron chi connectivity index (χ2n) is 5.86. The summed E-state index contributed by atoms with van der Waals surface area (Å²) in [5.41, 5.74) is 6.53. The summed E-state index contributed by atoms with van der Waals surface area (Å²) >= 11 is 0. The van der Waals surface area contributed by atoms with Crippen LogP contribution in [0.2, 0.25) is 0 Å². The first-order chi connectivity index (χ1) is 8.89. The van der Waals surface area contributed by atoms with E-state index in [1.54, 1.807) is 0 Å². The van der Waals surface area contributed by atoms with Gasteiger partial charge in [-0.15, -0.1) is 0 Å². The number of rotatable bonds is 2. The summed E-state index contributed by atoms with van der Waals surface area (Å²) in [5, 5.41) is 5.06. The topological polar surface area (TPSA) is 55.1 Å². The van der Waals surface area contributed by atoms with Gasteiger partial charge >= 0.3 is 0 Å². The van der Waals surface area contributed by atoms with Gasteiger partial charge in [-0.3, -0.25) is 4.79 Å². The number of carbonyl (C=O) groups excluding carboxylic acids is 1. The lowest BCUT2D eigenvalue weighted by Crippen LogP contribution is -2.45. The maximum atomic E-state index is 12.2. The molecule has 0 aliphatic rings. The van der Waals surface area contributed by atoms with E-state index in [0.717, 1.165) is 16.5 Å². The number of benzene rings is 2. The Hall–Kier alpha value is -1.87. The molecule has 3 N–H and O–H groups in total. The number of nitrogens with two attached hydrogens (primary N) is 1. The Balaban J connectivity index is 2.29. The Labute approximate surface area is 113 Å². The minimum atomic E-state index is -0.536. The summed E-state index contributed by atoms with van der Waals surface area (Å²) in [7, 11) is 0. The molecule has 0 saturated heterocycles. The maximum Gasteiger partial charge on any atom is 0.241 e. The van der Waals surface area contributed by atoms with Crippen LogP contribution in [-0.2, 0) is 4.79 Å². The van der Waals surface area contributed by atoms with Crippen molar-refractivity contribution in [1.82, 2.24) is 0 Å². The first-order valence-electron chi connectivity index (χ1n) is 6.44. The van der Waals surface area contributed by atoms with Crippen molar-refractivity contribution in [3.8, 4) is 0 Å². The lowest BCUT2D eigenvalue weighted by atomic mass is 9.87. The molecule has 0 aromatic heterocycles. The van der Waals surface area contributed by atoms with Crippen molar-refractivity contribution < 1.29 is 4.79 Å². The molecule has 0 aliphatic carbocycles. The van der Waals surface area contributed by atoms with Crippen molar-refractivity contribution in [3.05, 3.63) is 42.5 Å². The number of nitrogens with one attached hydrogen (secondary N) is 1. The quantitative estimate of drug-likeness (QED) is 0.867. The summed E-state index contributed by atoms with van der Waals surface area (Å²) < 4.78 is 0. The number of anilines is 1. The Kier molecular flexibility index (Phi) is 3.58. The SMILES string of the molecule is CC(C)(C)C(N)C(=O)Nc1cccc2ccccc12. The lowest BCUT2D eigenvalue weighted by Gasteiger charge is -2.26. The van der Waals surface area contributed by atoms with Crippen molar-refractivity contribution in [2.75, 3.05) is 5.32 Å². The third-order valence-electron chi connectivity index (χ3n) is 3.26. The van der Waals surface area contributed by atoms with E-state index in [9.17, 15) is 4.79 Å². The molecule has 0 radical (unpaired) electrons. The zero-order chi connectivity index (χ0) is 14.0. The first-order valence-corrected chi connectivity index (χ1v) is 6.44. The second kappa shape index (κ2) is 5.02. The van der Waals surface area contributed by atoms with Gasteiger partial charge in [-0.05, 0) is 16.9 Å². The summed E-state index contributed by atoms with van der Waals surface area (Å²) in [5.74, 6) is -0.149. The van der Waals surface area contributed by atoms with E-state index >= 15 is 0 Å². The van der Waals surface area contributed by atoms with Crippen LogP contribution in [-0.4, -0.2) is 11.9 Å². The Bertz CT molecular complexity index is 594. The van der Waals surface area contributed by atoms with Crippen LogP contribution in [0.1, 0.15) is 20.8 Å². The number of hydrogen-bond acceptors (Lipinski definition) is 2. The molecule has 1 amide bonds. The highest BCUT2D eigenvalue weighted by Gasteiger charge is 2.27. The number of amides is 1. The van der Waals surface area contributed by atoms with Crippen LogP contribution in [0.5, 0.6) is 0 Å². The fourth-order valence-corrected chi connectivity index (χ4v) is 1.94. The van der Waals surface area contributed by atoms with E-state index in [2.05, 4.69) is 5.32 Å². The molecule has 2 rings (SSSR count). The normalized spacial score (nSPS) is 13.3. The highest BCUT2D eigenvalue weighted by Crippen LogP contribution is 2.24. The molecule has 0 bridgehead atoms. The molecule has 0 aliphatic heterocycles. The standard InChI is InChI=1S/C16H20N2O/c1-16(2,3)14(17)15(19)18-13-10-6-8-11-7-4-5-9-12(11)13/h4-10,14H,17H2,1-3H3,(H,18,19). The average Bonchev–Trinajstić information content (AvgIpc) is 2.37. The van der Waals surface area contributed by atoms with Gasteiger partial charge in [0.15, 0.2) is 0 Å². The minimum absolute atomic E-state index is 0.149. The van der Waals surface area contributed by atoms with E-state index in [4.69, 9.17) is 5.73 Å². The van der Waals surface area contributed by atoms with Crippen molar-refractivity contribution >= 4 is 22.4 Å². The summed E-state index contributed by atoms with van der Waals surface area (Å²) in [6.45, 7) is 5.88. The highest BCUT2D eigenvalue weighted by atomic mass is 16.2. The number of hydrogen-bond donors (Lipinski definition) is 2. The molecule has 2 aromatic carbocycles. The Morgan fingerprint density at radius 1 is 1.11 bits per heavy atom. The monoisotopic (exact) mass is 256 g/mol. The van der Waals surface area contributed by atoms with Gasteiger partial charge in [-0.2, -0.15) is 0 Å². The Morgan fingerprint density at radius 2 is 1.74 bits per heavy atom. The van der Waals surface area contributed by atoms with E-state index in [0.29, 0.717) is 0 Å². The van der Waals surface area contributed by atoms with Gasteiger partial charge in [0.1, 0.15) is 0 Å². The second-order valence-corrected chi connectivity index (χ2v) is 5.86.